The summed E-state index contributed by atoms with van der Waals surface area (Å²) in [6.45, 7) is 1.98. The van der Waals surface area contributed by atoms with Gasteiger partial charge in [0.15, 0.2) is 0 Å². The minimum atomic E-state index is -3.60. The number of benzene rings is 2. The molecular weight excluding hydrogens is 407 g/mol. The lowest BCUT2D eigenvalue weighted by molar-refractivity contribution is -0.107. The number of sulfonamides is 1. The first-order valence-electron chi connectivity index (χ1n) is 8.34. The summed E-state index contributed by atoms with van der Waals surface area (Å²) < 4.78 is 27.4. The standard InChI is InChI=1S/C19H18Cl2N2O3S/c20-16-5-7-17(8-6-16)22-10-12-23(13-11-22)27(25,26)18-3-1-2-15(14-18)4-9-19(21)24/h1-9,14H,10-13H2/b9-4+. The maximum atomic E-state index is 12.9. The van der Waals surface area contributed by atoms with Gasteiger partial charge < -0.3 is 4.90 Å². The van der Waals surface area contributed by atoms with E-state index < -0.39 is 15.3 Å². The van der Waals surface area contributed by atoms with Crippen molar-refractivity contribution in [2.45, 2.75) is 4.90 Å². The number of carbonyl (C=O) groups is 1. The molecule has 1 saturated heterocycles. The molecule has 0 saturated carbocycles. The maximum Gasteiger partial charge on any atom is 0.245 e. The Bertz CT molecular complexity index is 951. The van der Waals surface area contributed by atoms with Gasteiger partial charge >= 0.3 is 0 Å². The normalized spacial score (nSPS) is 16.0. The molecule has 0 spiro atoms. The predicted molar refractivity (Wildman–Crippen MR) is 109 cm³/mol. The van der Waals surface area contributed by atoms with Crippen molar-refractivity contribution in [1.82, 2.24) is 4.31 Å². The minimum absolute atomic E-state index is 0.201. The van der Waals surface area contributed by atoms with Crippen LogP contribution in [0.1, 0.15) is 5.56 Å². The smallest absolute Gasteiger partial charge is 0.245 e. The lowest BCUT2D eigenvalue weighted by Crippen LogP contribution is -2.48. The summed E-state index contributed by atoms with van der Waals surface area (Å²) in [5.41, 5.74) is 1.62. The average molecular weight is 425 g/mol. The van der Waals surface area contributed by atoms with Gasteiger partial charge in [-0.25, -0.2) is 8.42 Å². The zero-order valence-electron chi connectivity index (χ0n) is 14.4. The van der Waals surface area contributed by atoms with Gasteiger partial charge in [0.05, 0.1) is 4.90 Å². The van der Waals surface area contributed by atoms with Crippen molar-refractivity contribution in [2.24, 2.45) is 0 Å². The first kappa shape index (κ1) is 19.9. The van der Waals surface area contributed by atoms with Crippen molar-refractivity contribution in [3.05, 3.63) is 65.2 Å². The van der Waals surface area contributed by atoms with Gasteiger partial charge in [0.2, 0.25) is 15.3 Å². The van der Waals surface area contributed by atoms with Gasteiger partial charge in [0.1, 0.15) is 0 Å². The average Bonchev–Trinajstić information content (AvgIpc) is 2.67. The number of hydrogen-bond acceptors (Lipinski definition) is 4. The Kier molecular flexibility index (Phi) is 6.22. The number of nitrogens with zero attached hydrogens (tertiary/aromatic N) is 2. The Balaban J connectivity index is 1.72. The zero-order valence-corrected chi connectivity index (χ0v) is 16.7. The van der Waals surface area contributed by atoms with E-state index in [0.29, 0.717) is 36.8 Å². The summed E-state index contributed by atoms with van der Waals surface area (Å²) in [5.74, 6) is 0. The summed E-state index contributed by atoms with van der Waals surface area (Å²) in [6.07, 6.45) is 2.69. The van der Waals surface area contributed by atoms with Gasteiger partial charge in [-0.2, -0.15) is 4.31 Å². The molecule has 0 radical (unpaired) electrons. The van der Waals surface area contributed by atoms with Crippen LogP contribution in [0.25, 0.3) is 6.08 Å². The third kappa shape index (κ3) is 4.90. The molecule has 2 aromatic rings. The number of halogens is 2. The van der Waals surface area contributed by atoms with Crippen LogP contribution in [-0.2, 0) is 14.8 Å². The van der Waals surface area contributed by atoms with E-state index in [0.717, 1.165) is 5.69 Å². The first-order chi connectivity index (χ1) is 12.9. The van der Waals surface area contributed by atoms with Crippen molar-refractivity contribution in [1.29, 1.82) is 0 Å². The van der Waals surface area contributed by atoms with E-state index in [9.17, 15) is 13.2 Å². The van der Waals surface area contributed by atoms with E-state index in [4.69, 9.17) is 23.2 Å². The van der Waals surface area contributed by atoms with E-state index in [1.807, 2.05) is 24.3 Å². The number of piperazine rings is 1. The molecule has 0 aliphatic carbocycles. The van der Waals surface area contributed by atoms with Crippen molar-refractivity contribution in [3.8, 4) is 0 Å². The van der Waals surface area contributed by atoms with Gasteiger partial charge in [-0.3, -0.25) is 4.79 Å². The molecule has 0 atom stereocenters. The number of rotatable bonds is 5. The lowest BCUT2D eigenvalue weighted by Gasteiger charge is -2.35. The molecular formula is C19H18Cl2N2O3S. The predicted octanol–water partition coefficient (Wildman–Crippen LogP) is 3.63. The highest BCUT2D eigenvalue weighted by atomic mass is 35.5. The molecule has 0 unspecified atom stereocenters. The van der Waals surface area contributed by atoms with E-state index in [2.05, 4.69) is 4.90 Å². The molecule has 8 heteroatoms. The summed E-state index contributed by atoms with van der Waals surface area (Å²) in [7, 11) is -3.60. The summed E-state index contributed by atoms with van der Waals surface area (Å²) in [5, 5.41) is 0.0614. The van der Waals surface area contributed by atoms with Crippen molar-refractivity contribution in [3.63, 3.8) is 0 Å². The Labute approximate surface area is 168 Å². The second-order valence-electron chi connectivity index (χ2n) is 6.08. The van der Waals surface area contributed by atoms with E-state index in [1.165, 1.54) is 22.5 Å². The summed E-state index contributed by atoms with van der Waals surface area (Å²) in [4.78, 5) is 13.2. The Morgan fingerprint density at radius 1 is 1.00 bits per heavy atom. The molecule has 1 aliphatic rings. The molecule has 2 aromatic carbocycles. The molecule has 0 amide bonds. The van der Waals surface area contributed by atoms with Crippen LogP contribution in [0.15, 0.2) is 59.5 Å². The second kappa shape index (κ2) is 8.44. The van der Waals surface area contributed by atoms with Gasteiger partial charge in [0.25, 0.3) is 0 Å². The number of hydrogen-bond donors (Lipinski definition) is 0. The van der Waals surface area contributed by atoms with Crippen LogP contribution >= 0.6 is 23.2 Å². The molecule has 0 N–H and O–H groups in total. The van der Waals surface area contributed by atoms with Crippen LogP contribution in [0, 0.1) is 0 Å². The van der Waals surface area contributed by atoms with Crippen LogP contribution in [0.4, 0.5) is 5.69 Å². The first-order valence-corrected chi connectivity index (χ1v) is 10.5. The second-order valence-corrected chi connectivity index (χ2v) is 8.82. The monoisotopic (exact) mass is 424 g/mol. The lowest BCUT2D eigenvalue weighted by atomic mass is 10.2. The molecule has 5 nitrogen and oxygen atoms in total. The fourth-order valence-electron chi connectivity index (χ4n) is 2.93. The fraction of sp³-hybridized carbons (Fsp3) is 0.211. The molecule has 27 heavy (non-hydrogen) atoms. The highest BCUT2D eigenvalue weighted by Crippen LogP contribution is 2.23. The minimum Gasteiger partial charge on any atom is -0.369 e. The molecule has 1 heterocycles. The highest BCUT2D eigenvalue weighted by Gasteiger charge is 2.28. The third-order valence-corrected chi connectivity index (χ3v) is 6.61. The van der Waals surface area contributed by atoms with Crippen molar-refractivity contribution < 1.29 is 13.2 Å². The van der Waals surface area contributed by atoms with Crippen molar-refractivity contribution in [2.75, 3.05) is 31.1 Å². The van der Waals surface area contributed by atoms with E-state index >= 15 is 0 Å². The van der Waals surface area contributed by atoms with E-state index in [1.54, 1.807) is 18.2 Å². The van der Waals surface area contributed by atoms with Gasteiger partial charge in [-0.05, 0) is 59.6 Å². The highest BCUT2D eigenvalue weighted by molar-refractivity contribution is 7.89. The zero-order chi connectivity index (χ0) is 19.4. The van der Waals surface area contributed by atoms with Crippen LogP contribution in [0.2, 0.25) is 5.02 Å². The molecule has 0 bridgehead atoms. The Morgan fingerprint density at radius 2 is 1.67 bits per heavy atom. The fourth-order valence-corrected chi connectivity index (χ4v) is 4.59. The summed E-state index contributed by atoms with van der Waals surface area (Å²) >= 11 is 11.2. The van der Waals surface area contributed by atoms with Crippen molar-refractivity contribution >= 4 is 50.2 Å². The van der Waals surface area contributed by atoms with Crippen LogP contribution in [0.5, 0.6) is 0 Å². The maximum absolute atomic E-state index is 12.9. The van der Waals surface area contributed by atoms with Crippen LogP contribution < -0.4 is 4.90 Å². The van der Waals surface area contributed by atoms with Gasteiger partial charge in [0, 0.05) is 36.9 Å². The van der Waals surface area contributed by atoms with Crippen LogP contribution in [0.3, 0.4) is 0 Å². The van der Waals surface area contributed by atoms with E-state index in [-0.39, 0.29) is 4.90 Å². The molecule has 142 valence electrons. The Morgan fingerprint density at radius 3 is 2.30 bits per heavy atom. The largest absolute Gasteiger partial charge is 0.369 e. The molecule has 3 rings (SSSR count). The van der Waals surface area contributed by atoms with Gasteiger partial charge in [-0.1, -0.05) is 29.8 Å². The van der Waals surface area contributed by atoms with Gasteiger partial charge in [-0.15, -0.1) is 0 Å². The third-order valence-electron chi connectivity index (χ3n) is 4.33. The number of carbonyl (C=O) groups excluding carboxylic acids is 1. The van der Waals surface area contributed by atoms with Crippen LogP contribution in [-0.4, -0.2) is 44.1 Å². The number of anilines is 1. The molecule has 1 aliphatic heterocycles. The topological polar surface area (TPSA) is 57.7 Å². The SMILES string of the molecule is O=C(Cl)/C=C/c1cccc(S(=O)(=O)N2CCN(c3ccc(Cl)cc3)CC2)c1. The Hall–Kier alpha value is -1.86. The molecule has 1 fully saturated rings. The summed E-state index contributed by atoms with van der Waals surface area (Å²) in [6, 6.07) is 14.0. The molecule has 0 aromatic heterocycles. The number of allylic oxidation sites excluding steroid dienone is 1. The quantitative estimate of drug-likeness (QED) is 0.542.